The Hall–Kier alpha value is -0.730. The SMILES string of the molecule is CC(C)CCN(C)C(=O)NC(C)C. The van der Waals surface area contributed by atoms with E-state index in [1.165, 1.54) is 0 Å². The summed E-state index contributed by atoms with van der Waals surface area (Å²) in [6, 6.07) is 0.240. The van der Waals surface area contributed by atoms with Gasteiger partial charge in [0.05, 0.1) is 0 Å². The van der Waals surface area contributed by atoms with Crippen molar-refractivity contribution in [1.29, 1.82) is 0 Å². The van der Waals surface area contributed by atoms with E-state index in [4.69, 9.17) is 0 Å². The van der Waals surface area contributed by atoms with Gasteiger partial charge in [0.2, 0.25) is 0 Å². The molecule has 0 aromatic carbocycles. The third-order valence-corrected chi connectivity index (χ3v) is 1.80. The van der Waals surface area contributed by atoms with Gasteiger partial charge in [-0.15, -0.1) is 0 Å². The molecule has 0 aromatic heterocycles. The van der Waals surface area contributed by atoms with E-state index in [-0.39, 0.29) is 12.1 Å². The summed E-state index contributed by atoms with van der Waals surface area (Å²) in [7, 11) is 1.83. The maximum Gasteiger partial charge on any atom is 0.317 e. The number of hydrogen-bond acceptors (Lipinski definition) is 1. The Labute approximate surface area is 81.5 Å². The maximum absolute atomic E-state index is 11.4. The average Bonchev–Trinajstić information content (AvgIpc) is 1.98. The van der Waals surface area contributed by atoms with Crippen LogP contribution >= 0.6 is 0 Å². The third-order valence-electron chi connectivity index (χ3n) is 1.80. The van der Waals surface area contributed by atoms with Crippen LogP contribution in [0.4, 0.5) is 4.79 Å². The van der Waals surface area contributed by atoms with Crippen molar-refractivity contribution in [2.24, 2.45) is 5.92 Å². The highest BCUT2D eigenvalue weighted by molar-refractivity contribution is 5.74. The first kappa shape index (κ1) is 12.3. The Morgan fingerprint density at radius 2 is 1.85 bits per heavy atom. The molecule has 0 heterocycles. The highest BCUT2D eigenvalue weighted by atomic mass is 16.2. The van der Waals surface area contributed by atoms with E-state index in [0.29, 0.717) is 5.92 Å². The minimum atomic E-state index is 0.0238. The summed E-state index contributed by atoms with van der Waals surface area (Å²) in [5, 5.41) is 2.85. The van der Waals surface area contributed by atoms with Gasteiger partial charge >= 0.3 is 6.03 Å². The first-order valence-electron chi connectivity index (χ1n) is 4.95. The summed E-state index contributed by atoms with van der Waals surface area (Å²) >= 11 is 0. The predicted octanol–water partition coefficient (Wildman–Crippen LogP) is 2.08. The van der Waals surface area contributed by atoms with Crippen LogP contribution in [0.25, 0.3) is 0 Å². The van der Waals surface area contributed by atoms with Crippen LogP contribution in [0.3, 0.4) is 0 Å². The molecule has 0 rings (SSSR count). The van der Waals surface area contributed by atoms with Crippen molar-refractivity contribution in [2.75, 3.05) is 13.6 Å². The zero-order valence-corrected chi connectivity index (χ0v) is 9.42. The minimum absolute atomic E-state index is 0.0238. The van der Waals surface area contributed by atoms with Gasteiger partial charge in [0.1, 0.15) is 0 Å². The molecule has 2 amide bonds. The second-order valence-electron chi connectivity index (χ2n) is 4.21. The lowest BCUT2D eigenvalue weighted by Crippen LogP contribution is -2.41. The number of rotatable bonds is 4. The number of hydrogen-bond donors (Lipinski definition) is 1. The van der Waals surface area contributed by atoms with Gasteiger partial charge in [-0.3, -0.25) is 0 Å². The summed E-state index contributed by atoms with van der Waals surface area (Å²) in [4.78, 5) is 13.1. The molecule has 3 nitrogen and oxygen atoms in total. The molecule has 0 aliphatic carbocycles. The van der Waals surface area contributed by atoms with Crippen molar-refractivity contribution in [1.82, 2.24) is 10.2 Å². The Kier molecular flexibility index (Phi) is 5.51. The molecule has 0 saturated carbocycles. The fourth-order valence-electron chi connectivity index (χ4n) is 0.911. The molecular weight excluding hydrogens is 164 g/mol. The zero-order chi connectivity index (χ0) is 10.4. The predicted molar refractivity (Wildman–Crippen MR) is 55.8 cm³/mol. The lowest BCUT2D eigenvalue weighted by atomic mass is 10.1. The molecule has 0 fully saturated rings. The first-order chi connectivity index (χ1) is 5.93. The number of carbonyl (C=O) groups excluding carboxylic acids is 1. The van der Waals surface area contributed by atoms with Crippen LogP contribution in [-0.2, 0) is 0 Å². The van der Waals surface area contributed by atoms with Crippen molar-refractivity contribution < 1.29 is 4.79 Å². The molecule has 78 valence electrons. The van der Waals surface area contributed by atoms with E-state index >= 15 is 0 Å². The normalized spacial score (nSPS) is 10.7. The second-order valence-corrected chi connectivity index (χ2v) is 4.21. The fourth-order valence-corrected chi connectivity index (χ4v) is 0.911. The van der Waals surface area contributed by atoms with Crippen molar-refractivity contribution in [3.63, 3.8) is 0 Å². The molecule has 0 aliphatic heterocycles. The largest absolute Gasteiger partial charge is 0.336 e. The van der Waals surface area contributed by atoms with Crippen molar-refractivity contribution in [2.45, 2.75) is 40.2 Å². The maximum atomic E-state index is 11.4. The van der Waals surface area contributed by atoms with E-state index in [0.717, 1.165) is 13.0 Å². The molecule has 0 aliphatic rings. The first-order valence-corrected chi connectivity index (χ1v) is 4.95. The Morgan fingerprint density at radius 1 is 1.31 bits per heavy atom. The highest BCUT2D eigenvalue weighted by Gasteiger charge is 2.08. The molecule has 13 heavy (non-hydrogen) atoms. The number of carbonyl (C=O) groups is 1. The van der Waals surface area contributed by atoms with Gasteiger partial charge < -0.3 is 10.2 Å². The van der Waals surface area contributed by atoms with Gasteiger partial charge in [0.25, 0.3) is 0 Å². The fraction of sp³-hybridized carbons (Fsp3) is 0.900. The summed E-state index contributed by atoms with van der Waals surface area (Å²) in [5.74, 6) is 0.647. The second kappa shape index (κ2) is 5.84. The number of nitrogens with zero attached hydrogens (tertiary/aromatic N) is 1. The Balaban J connectivity index is 3.69. The summed E-state index contributed by atoms with van der Waals surface area (Å²) < 4.78 is 0. The highest BCUT2D eigenvalue weighted by Crippen LogP contribution is 2.00. The van der Waals surface area contributed by atoms with Crippen LogP contribution in [0.5, 0.6) is 0 Å². The molecule has 1 N–H and O–H groups in total. The Morgan fingerprint density at radius 3 is 2.23 bits per heavy atom. The van der Waals surface area contributed by atoms with E-state index in [2.05, 4.69) is 19.2 Å². The van der Waals surface area contributed by atoms with Crippen LogP contribution in [0, 0.1) is 5.92 Å². The summed E-state index contributed by atoms with van der Waals surface area (Å²) in [6.45, 7) is 9.08. The molecule has 0 bridgehead atoms. The van der Waals surface area contributed by atoms with Crippen LogP contribution in [0.15, 0.2) is 0 Å². The van der Waals surface area contributed by atoms with Crippen LogP contribution in [-0.4, -0.2) is 30.6 Å². The molecule has 0 unspecified atom stereocenters. The number of urea groups is 1. The van der Waals surface area contributed by atoms with Crippen molar-refractivity contribution >= 4 is 6.03 Å². The van der Waals surface area contributed by atoms with Crippen LogP contribution in [0.2, 0.25) is 0 Å². The molecule has 3 heteroatoms. The van der Waals surface area contributed by atoms with Gasteiger partial charge in [-0.2, -0.15) is 0 Å². The van der Waals surface area contributed by atoms with Gasteiger partial charge in [-0.05, 0) is 26.2 Å². The summed E-state index contributed by atoms with van der Waals surface area (Å²) in [6.07, 6.45) is 1.06. The number of nitrogens with one attached hydrogen (secondary N) is 1. The summed E-state index contributed by atoms with van der Waals surface area (Å²) in [5.41, 5.74) is 0. The van der Waals surface area contributed by atoms with Gasteiger partial charge in [-0.25, -0.2) is 4.79 Å². The van der Waals surface area contributed by atoms with Gasteiger partial charge in [0, 0.05) is 19.6 Å². The van der Waals surface area contributed by atoms with Gasteiger partial charge in [0.15, 0.2) is 0 Å². The molecular formula is C10H22N2O. The van der Waals surface area contributed by atoms with E-state index in [1.54, 1.807) is 4.90 Å². The minimum Gasteiger partial charge on any atom is -0.336 e. The smallest absolute Gasteiger partial charge is 0.317 e. The van der Waals surface area contributed by atoms with Crippen molar-refractivity contribution in [3.05, 3.63) is 0 Å². The quantitative estimate of drug-likeness (QED) is 0.716. The van der Waals surface area contributed by atoms with Crippen LogP contribution in [0.1, 0.15) is 34.1 Å². The zero-order valence-electron chi connectivity index (χ0n) is 9.42. The topological polar surface area (TPSA) is 32.3 Å². The molecule has 0 saturated heterocycles. The van der Waals surface area contributed by atoms with E-state index in [9.17, 15) is 4.79 Å². The monoisotopic (exact) mass is 186 g/mol. The van der Waals surface area contributed by atoms with Crippen LogP contribution < -0.4 is 5.32 Å². The molecule has 0 spiro atoms. The Bertz CT molecular complexity index is 155. The lowest BCUT2D eigenvalue weighted by molar-refractivity contribution is 0.204. The average molecular weight is 186 g/mol. The number of amides is 2. The van der Waals surface area contributed by atoms with Crippen molar-refractivity contribution in [3.8, 4) is 0 Å². The lowest BCUT2D eigenvalue weighted by Gasteiger charge is -2.20. The van der Waals surface area contributed by atoms with Gasteiger partial charge in [-0.1, -0.05) is 13.8 Å². The van der Waals surface area contributed by atoms with E-state index in [1.807, 2.05) is 20.9 Å². The molecule has 0 radical (unpaired) electrons. The standard InChI is InChI=1S/C10H22N2O/c1-8(2)6-7-12(5)10(13)11-9(3)4/h8-9H,6-7H2,1-5H3,(H,11,13). The molecule has 0 aromatic rings. The van der Waals surface area contributed by atoms with E-state index < -0.39 is 0 Å². The third kappa shape index (κ3) is 6.43. The molecule has 0 atom stereocenters.